The second-order valence-electron chi connectivity index (χ2n) is 7.14. The fraction of sp³-hybridized carbons (Fsp3) is 0.476. The van der Waals surface area contributed by atoms with Crippen LogP contribution in [0.3, 0.4) is 0 Å². The molecule has 0 amide bonds. The quantitative estimate of drug-likeness (QED) is 0.754. The number of ether oxygens (including phenoxy) is 1. The van der Waals surface area contributed by atoms with Crippen LogP contribution in [0.25, 0.3) is 11.1 Å². The number of rotatable bonds is 6. The van der Waals surface area contributed by atoms with Gasteiger partial charge < -0.3 is 14.2 Å². The van der Waals surface area contributed by atoms with Crippen molar-refractivity contribution < 1.29 is 4.74 Å². The van der Waals surface area contributed by atoms with Gasteiger partial charge in [0.05, 0.1) is 6.61 Å². The van der Waals surface area contributed by atoms with Crippen molar-refractivity contribution in [2.24, 2.45) is 13.0 Å². The number of benzene rings is 1. The Morgan fingerprint density at radius 2 is 1.96 bits per heavy atom. The number of pyridine rings is 1. The minimum absolute atomic E-state index is 0.00450. The molecule has 1 aromatic carbocycles. The van der Waals surface area contributed by atoms with Crippen LogP contribution < -0.4 is 10.3 Å². The molecule has 3 rings (SSSR count). The van der Waals surface area contributed by atoms with Crippen LogP contribution in [0.2, 0.25) is 0 Å². The third-order valence-electron chi connectivity index (χ3n) is 4.92. The fourth-order valence-corrected chi connectivity index (χ4v) is 3.44. The van der Waals surface area contributed by atoms with E-state index in [1.165, 1.54) is 25.9 Å². The van der Waals surface area contributed by atoms with E-state index in [1.54, 1.807) is 23.9 Å². The molecule has 134 valence electrons. The second-order valence-corrected chi connectivity index (χ2v) is 7.14. The molecule has 4 heteroatoms. The first-order chi connectivity index (χ1) is 12.1. The molecule has 1 saturated heterocycles. The Morgan fingerprint density at radius 3 is 2.68 bits per heavy atom. The van der Waals surface area contributed by atoms with Crippen molar-refractivity contribution >= 4 is 0 Å². The van der Waals surface area contributed by atoms with E-state index in [0.717, 1.165) is 42.4 Å². The first kappa shape index (κ1) is 17.7. The monoisotopic (exact) mass is 340 g/mol. The second kappa shape index (κ2) is 8.34. The van der Waals surface area contributed by atoms with E-state index in [9.17, 15) is 4.79 Å². The highest BCUT2D eigenvalue weighted by molar-refractivity contribution is 5.63. The van der Waals surface area contributed by atoms with E-state index >= 15 is 0 Å². The molecule has 25 heavy (non-hydrogen) atoms. The highest BCUT2D eigenvalue weighted by Crippen LogP contribution is 2.21. The predicted octanol–water partition coefficient (Wildman–Crippen LogP) is 3.55. The van der Waals surface area contributed by atoms with Gasteiger partial charge >= 0.3 is 0 Å². The molecule has 4 nitrogen and oxygen atoms in total. The predicted molar refractivity (Wildman–Crippen MR) is 102 cm³/mol. The van der Waals surface area contributed by atoms with Crippen LogP contribution in [-0.4, -0.2) is 35.7 Å². The largest absolute Gasteiger partial charge is 0.494 e. The zero-order valence-corrected chi connectivity index (χ0v) is 15.3. The molecule has 0 saturated carbocycles. The summed E-state index contributed by atoms with van der Waals surface area (Å²) >= 11 is 0. The maximum atomic E-state index is 11.7. The third-order valence-corrected chi connectivity index (χ3v) is 4.92. The summed E-state index contributed by atoms with van der Waals surface area (Å²) in [5, 5.41) is 0. The van der Waals surface area contributed by atoms with Crippen molar-refractivity contribution in [1.29, 1.82) is 0 Å². The Hall–Kier alpha value is -2.07. The summed E-state index contributed by atoms with van der Waals surface area (Å²) < 4.78 is 7.44. The summed E-state index contributed by atoms with van der Waals surface area (Å²) in [6, 6.07) is 11.6. The van der Waals surface area contributed by atoms with E-state index in [1.807, 2.05) is 30.3 Å². The van der Waals surface area contributed by atoms with E-state index in [4.69, 9.17) is 4.74 Å². The maximum absolute atomic E-state index is 11.7. The molecule has 1 fully saturated rings. The van der Waals surface area contributed by atoms with Crippen LogP contribution in [0.15, 0.2) is 47.4 Å². The van der Waals surface area contributed by atoms with Gasteiger partial charge in [0, 0.05) is 32.4 Å². The highest BCUT2D eigenvalue weighted by atomic mass is 16.5. The van der Waals surface area contributed by atoms with Gasteiger partial charge in [0.15, 0.2) is 0 Å². The van der Waals surface area contributed by atoms with Crippen LogP contribution >= 0.6 is 0 Å². The van der Waals surface area contributed by atoms with Gasteiger partial charge in [0.25, 0.3) is 5.56 Å². The zero-order valence-electron chi connectivity index (χ0n) is 15.3. The molecule has 2 aromatic rings. The number of nitrogens with zero attached hydrogens (tertiary/aromatic N) is 2. The standard InChI is InChI=1S/C21H28N2O2/c1-17-5-3-11-23(16-17)12-4-14-25-20-8-6-18(7-9-20)19-10-13-22(2)21(24)15-19/h6-10,13,15,17H,3-5,11-12,14,16H2,1-2H3/t17-/m1/s1. The lowest BCUT2D eigenvalue weighted by Crippen LogP contribution is -2.35. The number of likely N-dealkylation sites (tertiary alicyclic amines) is 1. The van der Waals surface area contributed by atoms with Crippen LogP contribution in [0.4, 0.5) is 0 Å². The Labute approximate surface area is 150 Å². The Morgan fingerprint density at radius 1 is 1.16 bits per heavy atom. The summed E-state index contributed by atoms with van der Waals surface area (Å²) in [4.78, 5) is 14.3. The molecule has 1 atom stereocenters. The Bertz CT molecular complexity index is 736. The molecule has 2 heterocycles. The van der Waals surface area contributed by atoms with Crippen LogP contribution in [0, 0.1) is 5.92 Å². The van der Waals surface area contributed by atoms with Crippen molar-refractivity contribution in [1.82, 2.24) is 9.47 Å². The van der Waals surface area contributed by atoms with Crippen molar-refractivity contribution in [3.8, 4) is 16.9 Å². The highest BCUT2D eigenvalue weighted by Gasteiger charge is 2.15. The molecule has 1 aliphatic rings. The Balaban J connectivity index is 1.47. The molecular formula is C21H28N2O2. The summed E-state index contributed by atoms with van der Waals surface area (Å²) in [5.74, 6) is 1.72. The molecular weight excluding hydrogens is 312 g/mol. The smallest absolute Gasteiger partial charge is 0.250 e. The van der Waals surface area contributed by atoms with Crippen LogP contribution in [0.1, 0.15) is 26.2 Å². The summed E-state index contributed by atoms with van der Waals surface area (Å²) in [6.45, 7) is 6.67. The molecule has 0 unspecified atom stereocenters. The van der Waals surface area contributed by atoms with Crippen molar-refractivity contribution in [2.45, 2.75) is 26.2 Å². The normalized spacial score (nSPS) is 18.2. The SMILES string of the molecule is C[C@@H]1CCCN(CCCOc2ccc(-c3ccn(C)c(=O)c3)cc2)C1. The lowest BCUT2D eigenvalue weighted by atomic mass is 10.0. The maximum Gasteiger partial charge on any atom is 0.250 e. The van der Waals surface area contributed by atoms with Crippen molar-refractivity contribution in [3.63, 3.8) is 0 Å². The van der Waals surface area contributed by atoms with Gasteiger partial charge in [-0.3, -0.25) is 4.79 Å². The van der Waals surface area contributed by atoms with E-state index < -0.39 is 0 Å². The average molecular weight is 340 g/mol. The zero-order chi connectivity index (χ0) is 17.6. The van der Waals surface area contributed by atoms with Gasteiger partial charge in [-0.2, -0.15) is 0 Å². The molecule has 0 N–H and O–H groups in total. The number of hydrogen-bond donors (Lipinski definition) is 0. The number of aromatic nitrogens is 1. The summed E-state index contributed by atoms with van der Waals surface area (Å²) in [6.07, 6.45) is 5.55. The molecule has 0 spiro atoms. The molecule has 0 radical (unpaired) electrons. The van der Waals surface area contributed by atoms with Crippen LogP contribution in [0.5, 0.6) is 5.75 Å². The molecule has 0 bridgehead atoms. The fourth-order valence-electron chi connectivity index (χ4n) is 3.44. The van der Waals surface area contributed by atoms with E-state index in [-0.39, 0.29) is 5.56 Å². The third kappa shape index (κ3) is 4.95. The van der Waals surface area contributed by atoms with Gasteiger partial charge in [0.2, 0.25) is 0 Å². The lowest BCUT2D eigenvalue weighted by molar-refractivity contribution is 0.170. The van der Waals surface area contributed by atoms with Crippen molar-refractivity contribution in [3.05, 3.63) is 52.9 Å². The number of aryl methyl sites for hydroxylation is 1. The lowest BCUT2D eigenvalue weighted by Gasteiger charge is -2.30. The van der Waals surface area contributed by atoms with Gasteiger partial charge in [-0.15, -0.1) is 0 Å². The van der Waals surface area contributed by atoms with Gasteiger partial charge in [-0.05, 0) is 61.1 Å². The van der Waals surface area contributed by atoms with E-state index in [0.29, 0.717) is 0 Å². The van der Waals surface area contributed by atoms with Gasteiger partial charge in [-0.25, -0.2) is 0 Å². The Kier molecular flexibility index (Phi) is 5.92. The van der Waals surface area contributed by atoms with E-state index in [2.05, 4.69) is 11.8 Å². The molecule has 1 aromatic heterocycles. The van der Waals surface area contributed by atoms with Crippen LogP contribution in [-0.2, 0) is 7.05 Å². The van der Waals surface area contributed by atoms with Crippen molar-refractivity contribution in [2.75, 3.05) is 26.2 Å². The number of hydrogen-bond acceptors (Lipinski definition) is 3. The minimum atomic E-state index is 0.00450. The number of piperidine rings is 1. The summed E-state index contributed by atoms with van der Waals surface area (Å²) in [5.41, 5.74) is 1.98. The van der Waals surface area contributed by atoms with Gasteiger partial charge in [-0.1, -0.05) is 19.1 Å². The van der Waals surface area contributed by atoms with Gasteiger partial charge in [0.1, 0.15) is 5.75 Å². The minimum Gasteiger partial charge on any atom is -0.494 e. The molecule has 1 aliphatic heterocycles. The molecule has 0 aliphatic carbocycles. The first-order valence-corrected chi connectivity index (χ1v) is 9.24. The first-order valence-electron chi connectivity index (χ1n) is 9.24. The topological polar surface area (TPSA) is 34.5 Å². The average Bonchev–Trinajstić information content (AvgIpc) is 2.62. The summed E-state index contributed by atoms with van der Waals surface area (Å²) in [7, 11) is 1.76.